The highest BCUT2D eigenvalue weighted by Gasteiger charge is 2.14. The summed E-state index contributed by atoms with van der Waals surface area (Å²) in [4.78, 5) is 12.3. The second-order valence-corrected chi connectivity index (χ2v) is 5.45. The van der Waals surface area contributed by atoms with E-state index in [0.29, 0.717) is 24.7 Å². The number of carbonyl (C=O) groups excluding carboxylic acids is 1. The summed E-state index contributed by atoms with van der Waals surface area (Å²) in [5.74, 6) is 1.72. The molecule has 0 atom stereocenters. The van der Waals surface area contributed by atoms with E-state index in [9.17, 15) is 4.79 Å². The van der Waals surface area contributed by atoms with Crippen molar-refractivity contribution in [1.29, 1.82) is 0 Å². The third-order valence-corrected chi connectivity index (χ3v) is 3.62. The summed E-state index contributed by atoms with van der Waals surface area (Å²) in [6.45, 7) is 5.05. The van der Waals surface area contributed by atoms with E-state index in [2.05, 4.69) is 10.5 Å². The monoisotopic (exact) mass is 352 g/mol. The van der Waals surface area contributed by atoms with Crippen molar-refractivity contribution < 1.29 is 18.8 Å². The third-order valence-electron chi connectivity index (χ3n) is 3.62. The molecule has 134 valence electrons. The van der Waals surface area contributed by atoms with Gasteiger partial charge in [0.2, 0.25) is 0 Å². The summed E-state index contributed by atoms with van der Waals surface area (Å²) in [6, 6.07) is 16.2. The Bertz CT molecular complexity index is 854. The Labute approximate surface area is 151 Å². The number of hydrogen-bond acceptors (Lipinski definition) is 5. The van der Waals surface area contributed by atoms with Gasteiger partial charge in [0.15, 0.2) is 11.5 Å². The van der Waals surface area contributed by atoms with Crippen LogP contribution in [0, 0.1) is 0 Å². The first-order valence-corrected chi connectivity index (χ1v) is 8.43. The molecule has 0 aliphatic rings. The minimum atomic E-state index is -0.338. The summed E-state index contributed by atoms with van der Waals surface area (Å²) in [5, 5.41) is 6.63. The Morgan fingerprint density at radius 1 is 0.962 bits per heavy atom. The highest BCUT2D eigenvalue weighted by atomic mass is 16.5. The van der Waals surface area contributed by atoms with E-state index in [-0.39, 0.29) is 11.6 Å². The van der Waals surface area contributed by atoms with Crippen molar-refractivity contribution in [2.24, 2.45) is 0 Å². The number of anilines is 1. The molecule has 0 aliphatic heterocycles. The van der Waals surface area contributed by atoms with Crippen LogP contribution in [0.3, 0.4) is 0 Å². The fourth-order valence-electron chi connectivity index (χ4n) is 2.40. The summed E-state index contributed by atoms with van der Waals surface area (Å²) in [6.07, 6.45) is 0. The molecule has 1 amide bonds. The molecule has 0 aliphatic carbocycles. The van der Waals surface area contributed by atoms with Crippen LogP contribution >= 0.6 is 0 Å². The maximum absolute atomic E-state index is 12.3. The van der Waals surface area contributed by atoms with Gasteiger partial charge in [0, 0.05) is 17.3 Å². The van der Waals surface area contributed by atoms with Crippen LogP contribution in [0.2, 0.25) is 0 Å². The quantitative estimate of drug-likeness (QED) is 0.682. The molecule has 3 rings (SSSR count). The van der Waals surface area contributed by atoms with Gasteiger partial charge in [-0.1, -0.05) is 5.16 Å². The van der Waals surface area contributed by atoms with E-state index in [4.69, 9.17) is 14.0 Å². The number of carbonyl (C=O) groups is 1. The maximum Gasteiger partial charge on any atom is 0.277 e. The minimum absolute atomic E-state index is 0.211. The van der Waals surface area contributed by atoms with Crippen LogP contribution in [0.15, 0.2) is 59.1 Å². The fourth-order valence-corrected chi connectivity index (χ4v) is 2.40. The van der Waals surface area contributed by atoms with Crippen molar-refractivity contribution in [3.05, 3.63) is 60.3 Å². The predicted octanol–water partition coefficient (Wildman–Crippen LogP) is 4.39. The molecule has 6 heteroatoms. The number of rotatable bonds is 7. The van der Waals surface area contributed by atoms with E-state index >= 15 is 0 Å². The van der Waals surface area contributed by atoms with Crippen molar-refractivity contribution in [1.82, 2.24) is 5.16 Å². The van der Waals surface area contributed by atoms with Gasteiger partial charge in [0.05, 0.1) is 13.2 Å². The molecule has 0 unspecified atom stereocenters. The van der Waals surface area contributed by atoms with Gasteiger partial charge in [-0.05, 0) is 62.4 Å². The molecule has 0 saturated heterocycles. The van der Waals surface area contributed by atoms with E-state index < -0.39 is 0 Å². The zero-order valence-electron chi connectivity index (χ0n) is 14.7. The summed E-state index contributed by atoms with van der Waals surface area (Å²) in [7, 11) is 0. The number of amides is 1. The molecule has 0 radical (unpaired) electrons. The molecule has 2 aromatic carbocycles. The summed E-state index contributed by atoms with van der Waals surface area (Å²) in [5.41, 5.74) is 1.69. The zero-order chi connectivity index (χ0) is 18.4. The van der Waals surface area contributed by atoms with Crippen LogP contribution in [0.5, 0.6) is 11.5 Å². The first-order chi connectivity index (χ1) is 12.7. The van der Waals surface area contributed by atoms with Crippen molar-refractivity contribution in [3.63, 3.8) is 0 Å². The molecule has 26 heavy (non-hydrogen) atoms. The van der Waals surface area contributed by atoms with E-state index in [1.54, 1.807) is 30.3 Å². The molecule has 0 bridgehead atoms. The van der Waals surface area contributed by atoms with Gasteiger partial charge < -0.3 is 19.3 Å². The molecule has 1 aromatic heterocycles. The lowest BCUT2D eigenvalue weighted by Gasteiger charge is -2.05. The molecule has 0 fully saturated rings. The number of nitrogens with one attached hydrogen (secondary N) is 1. The fraction of sp³-hybridized carbons (Fsp3) is 0.200. The topological polar surface area (TPSA) is 73.6 Å². The number of benzene rings is 2. The van der Waals surface area contributed by atoms with Gasteiger partial charge in [-0.25, -0.2) is 0 Å². The molecule has 3 aromatic rings. The van der Waals surface area contributed by atoms with Gasteiger partial charge >= 0.3 is 0 Å². The number of ether oxygens (including phenoxy) is 2. The van der Waals surface area contributed by atoms with Crippen molar-refractivity contribution in [2.75, 3.05) is 18.5 Å². The molecule has 0 spiro atoms. The van der Waals surface area contributed by atoms with Crippen molar-refractivity contribution in [2.45, 2.75) is 13.8 Å². The van der Waals surface area contributed by atoms with Gasteiger partial charge in [-0.2, -0.15) is 0 Å². The van der Waals surface area contributed by atoms with Gasteiger partial charge in [-0.15, -0.1) is 0 Å². The van der Waals surface area contributed by atoms with Crippen LogP contribution in [0.4, 0.5) is 5.69 Å². The number of nitrogens with zero attached hydrogens (tertiary/aromatic N) is 1. The number of hydrogen-bond donors (Lipinski definition) is 1. The Balaban J connectivity index is 1.67. The Morgan fingerprint density at radius 3 is 2.12 bits per heavy atom. The zero-order valence-corrected chi connectivity index (χ0v) is 14.7. The lowest BCUT2D eigenvalue weighted by Crippen LogP contribution is -2.12. The van der Waals surface area contributed by atoms with Gasteiger partial charge in [0.1, 0.15) is 11.5 Å². The average molecular weight is 352 g/mol. The number of aromatic nitrogens is 1. The molecule has 6 nitrogen and oxygen atoms in total. The maximum atomic E-state index is 12.3. The van der Waals surface area contributed by atoms with Crippen LogP contribution in [0.1, 0.15) is 24.3 Å². The Hall–Kier alpha value is -3.28. The third kappa shape index (κ3) is 4.22. The van der Waals surface area contributed by atoms with Crippen LogP contribution in [0.25, 0.3) is 11.3 Å². The average Bonchev–Trinajstić information content (AvgIpc) is 3.15. The largest absolute Gasteiger partial charge is 0.494 e. The van der Waals surface area contributed by atoms with E-state index in [1.165, 1.54) is 0 Å². The van der Waals surface area contributed by atoms with E-state index in [0.717, 1.165) is 17.1 Å². The first kappa shape index (κ1) is 17.5. The Kier molecular flexibility index (Phi) is 5.53. The standard InChI is InChI=1S/C20H20N2O4/c1-3-24-16-9-5-14(6-10-16)19-13-18(22-26-19)20(23)21-15-7-11-17(12-8-15)25-4-2/h5-13H,3-4H2,1-2H3,(H,21,23). The van der Waals surface area contributed by atoms with Gasteiger partial charge in [0.25, 0.3) is 5.91 Å². The second kappa shape index (κ2) is 8.20. The molecule has 1 N–H and O–H groups in total. The molecular formula is C20H20N2O4. The molecular weight excluding hydrogens is 332 g/mol. The first-order valence-electron chi connectivity index (χ1n) is 8.43. The molecule has 1 heterocycles. The minimum Gasteiger partial charge on any atom is -0.494 e. The molecule has 0 saturated carbocycles. The SMILES string of the molecule is CCOc1ccc(NC(=O)c2cc(-c3ccc(OCC)cc3)on2)cc1. The predicted molar refractivity (Wildman–Crippen MR) is 98.7 cm³/mol. The van der Waals surface area contributed by atoms with Crippen LogP contribution < -0.4 is 14.8 Å². The van der Waals surface area contributed by atoms with Crippen molar-refractivity contribution in [3.8, 4) is 22.8 Å². The smallest absolute Gasteiger partial charge is 0.277 e. The van der Waals surface area contributed by atoms with Crippen LogP contribution in [-0.2, 0) is 0 Å². The lowest BCUT2D eigenvalue weighted by atomic mass is 10.1. The lowest BCUT2D eigenvalue weighted by molar-refractivity contribution is 0.101. The Morgan fingerprint density at radius 2 is 1.54 bits per heavy atom. The van der Waals surface area contributed by atoms with Crippen LogP contribution in [-0.4, -0.2) is 24.3 Å². The summed E-state index contributed by atoms with van der Waals surface area (Å²) >= 11 is 0. The van der Waals surface area contributed by atoms with Crippen molar-refractivity contribution >= 4 is 11.6 Å². The summed E-state index contributed by atoms with van der Waals surface area (Å²) < 4.78 is 16.1. The van der Waals surface area contributed by atoms with E-state index in [1.807, 2.05) is 38.1 Å². The normalized spacial score (nSPS) is 10.4. The highest BCUT2D eigenvalue weighted by molar-refractivity contribution is 6.03. The highest BCUT2D eigenvalue weighted by Crippen LogP contribution is 2.24. The van der Waals surface area contributed by atoms with Gasteiger partial charge in [-0.3, -0.25) is 4.79 Å². The second-order valence-electron chi connectivity index (χ2n) is 5.45.